The summed E-state index contributed by atoms with van der Waals surface area (Å²) in [4.78, 5) is 12.6. The van der Waals surface area contributed by atoms with Crippen LogP contribution in [0.2, 0.25) is 10.2 Å². The number of H-pyrrole nitrogens is 1. The van der Waals surface area contributed by atoms with Crippen LogP contribution in [0.15, 0.2) is 34.7 Å². The molecule has 1 unspecified atom stereocenters. The van der Waals surface area contributed by atoms with Gasteiger partial charge in [0, 0.05) is 11.7 Å². The summed E-state index contributed by atoms with van der Waals surface area (Å²) in [5.74, 6) is 0.0132. The van der Waals surface area contributed by atoms with Crippen LogP contribution in [0.5, 0.6) is 0 Å². The van der Waals surface area contributed by atoms with Gasteiger partial charge in [-0.1, -0.05) is 17.7 Å². The van der Waals surface area contributed by atoms with Crippen LogP contribution in [0.1, 0.15) is 28.0 Å². The second-order valence-electron chi connectivity index (χ2n) is 6.31. The van der Waals surface area contributed by atoms with Crippen LogP contribution < -0.4 is 11.1 Å². The topological polar surface area (TPSA) is 96.9 Å². The second-order valence-corrected chi connectivity index (χ2v) is 7.06. The van der Waals surface area contributed by atoms with Crippen molar-refractivity contribution in [2.45, 2.75) is 25.3 Å². The van der Waals surface area contributed by atoms with Crippen molar-refractivity contribution in [1.29, 1.82) is 0 Å². The van der Waals surface area contributed by atoms with E-state index in [1.165, 1.54) is 11.1 Å². The predicted molar refractivity (Wildman–Crippen MR) is 108 cm³/mol. The highest BCUT2D eigenvalue weighted by molar-refractivity contribution is 6.36. The third kappa shape index (κ3) is 3.99. The van der Waals surface area contributed by atoms with Crippen LogP contribution in [-0.2, 0) is 12.8 Å². The minimum atomic E-state index is -0.376. The number of aromatic nitrogens is 2. The number of halogens is 3. The molecule has 0 fully saturated rings. The highest BCUT2D eigenvalue weighted by Gasteiger charge is 2.22. The maximum Gasteiger partial charge on any atom is 0.275 e. The lowest BCUT2D eigenvalue weighted by molar-refractivity contribution is 0.102. The quantitative estimate of drug-likeness (QED) is 0.574. The normalized spacial score (nSPS) is 15.7. The number of nitrogens with two attached hydrogens (primary N) is 1. The predicted octanol–water partition coefficient (Wildman–Crippen LogP) is 4.47. The Morgan fingerprint density at radius 2 is 2.07 bits per heavy atom. The van der Waals surface area contributed by atoms with Gasteiger partial charge >= 0.3 is 0 Å². The van der Waals surface area contributed by atoms with Gasteiger partial charge < -0.3 is 15.5 Å². The molecule has 6 nitrogen and oxygen atoms in total. The van der Waals surface area contributed by atoms with Gasteiger partial charge in [0.2, 0.25) is 0 Å². The number of hydrogen-bond acceptors (Lipinski definition) is 4. The number of rotatable bonds is 3. The smallest absolute Gasteiger partial charge is 0.275 e. The summed E-state index contributed by atoms with van der Waals surface area (Å²) in [6, 6.07) is 9.29. The van der Waals surface area contributed by atoms with E-state index < -0.39 is 0 Å². The van der Waals surface area contributed by atoms with Gasteiger partial charge in [0.15, 0.2) is 11.0 Å². The lowest BCUT2D eigenvalue weighted by Crippen LogP contribution is -2.27. The number of nitrogens with one attached hydrogen (secondary N) is 2. The van der Waals surface area contributed by atoms with E-state index in [1.54, 1.807) is 12.1 Å². The average molecular weight is 428 g/mol. The van der Waals surface area contributed by atoms with Crippen molar-refractivity contribution in [2.24, 2.45) is 5.73 Å². The summed E-state index contributed by atoms with van der Waals surface area (Å²) in [5.41, 5.74) is 9.65. The molecule has 1 amide bonds. The van der Waals surface area contributed by atoms with Crippen LogP contribution in [0, 0.1) is 0 Å². The highest BCUT2D eigenvalue weighted by atomic mass is 35.5. The van der Waals surface area contributed by atoms with E-state index in [-0.39, 0.29) is 40.3 Å². The standard InChI is InChI=1S/C18H16Cl2N4O2.ClH/c19-14-6-5-13(26-14)16-15(20)17(24-23-16)18(25)22-12-4-2-9-7-11(21)3-1-10(9)8-12;/h2,4-6,8,11H,1,3,7,21H2,(H,22,25)(H,23,24);1H. The summed E-state index contributed by atoms with van der Waals surface area (Å²) >= 11 is 12.1. The molecule has 9 heteroatoms. The molecule has 0 bridgehead atoms. The summed E-state index contributed by atoms with van der Waals surface area (Å²) < 4.78 is 5.29. The Hall–Kier alpha value is -1.99. The van der Waals surface area contributed by atoms with Gasteiger partial charge in [-0.25, -0.2) is 0 Å². The number of aromatic amines is 1. The van der Waals surface area contributed by atoms with Gasteiger partial charge in [0.25, 0.3) is 5.91 Å². The molecule has 27 heavy (non-hydrogen) atoms. The lowest BCUT2D eigenvalue weighted by atomic mass is 9.88. The average Bonchev–Trinajstić information content (AvgIpc) is 3.20. The maximum atomic E-state index is 12.6. The van der Waals surface area contributed by atoms with Gasteiger partial charge in [-0.2, -0.15) is 5.10 Å². The van der Waals surface area contributed by atoms with E-state index >= 15 is 0 Å². The van der Waals surface area contributed by atoms with Crippen LogP contribution in [0.3, 0.4) is 0 Å². The van der Waals surface area contributed by atoms with Gasteiger partial charge in [-0.15, -0.1) is 12.4 Å². The van der Waals surface area contributed by atoms with Gasteiger partial charge in [-0.3, -0.25) is 9.89 Å². The van der Waals surface area contributed by atoms with Gasteiger partial charge in [-0.05, 0) is 66.3 Å². The molecule has 4 rings (SSSR count). The number of fused-ring (bicyclic) bond motifs is 1. The largest absolute Gasteiger partial charge is 0.443 e. The molecule has 1 aliphatic carbocycles. The molecule has 0 saturated carbocycles. The fourth-order valence-corrected chi connectivity index (χ4v) is 3.55. The molecule has 0 saturated heterocycles. The number of benzene rings is 1. The van der Waals surface area contributed by atoms with Crippen LogP contribution in [0.25, 0.3) is 11.5 Å². The van der Waals surface area contributed by atoms with E-state index in [0.29, 0.717) is 17.1 Å². The molecule has 2 aromatic heterocycles. The molecular weight excluding hydrogens is 411 g/mol. The molecule has 2 heterocycles. The first-order valence-corrected chi connectivity index (χ1v) is 8.95. The summed E-state index contributed by atoms with van der Waals surface area (Å²) in [6.45, 7) is 0. The van der Waals surface area contributed by atoms with E-state index in [2.05, 4.69) is 15.5 Å². The zero-order chi connectivity index (χ0) is 18.3. The zero-order valence-corrected chi connectivity index (χ0v) is 16.4. The molecule has 0 spiro atoms. The molecule has 1 aliphatic rings. The fraction of sp³-hybridized carbons (Fsp3) is 0.222. The zero-order valence-electron chi connectivity index (χ0n) is 14.1. The molecule has 1 aromatic carbocycles. The van der Waals surface area contributed by atoms with E-state index in [9.17, 15) is 4.79 Å². The second kappa shape index (κ2) is 7.94. The summed E-state index contributed by atoms with van der Waals surface area (Å²) in [5, 5.41) is 9.96. The first-order chi connectivity index (χ1) is 12.5. The number of carbonyl (C=O) groups is 1. The van der Waals surface area contributed by atoms with E-state index in [0.717, 1.165) is 19.3 Å². The fourth-order valence-electron chi connectivity index (χ4n) is 3.14. The Balaban J connectivity index is 0.00000210. The van der Waals surface area contributed by atoms with Crippen molar-refractivity contribution in [2.75, 3.05) is 5.32 Å². The maximum absolute atomic E-state index is 12.6. The van der Waals surface area contributed by atoms with Crippen molar-refractivity contribution in [1.82, 2.24) is 10.2 Å². The van der Waals surface area contributed by atoms with Crippen molar-refractivity contribution < 1.29 is 9.21 Å². The highest BCUT2D eigenvalue weighted by Crippen LogP contribution is 2.31. The SMILES string of the molecule is Cl.NC1CCc2cc(NC(=O)c3[nH]nc(-c4ccc(Cl)o4)c3Cl)ccc2C1. The minimum absolute atomic E-state index is 0. The lowest BCUT2D eigenvalue weighted by Gasteiger charge is -2.22. The van der Waals surface area contributed by atoms with Gasteiger partial charge in [0.05, 0.1) is 0 Å². The van der Waals surface area contributed by atoms with Crippen LogP contribution in [-0.4, -0.2) is 22.1 Å². The molecule has 4 N–H and O–H groups in total. The molecule has 1 atom stereocenters. The third-order valence-corrected chi connectivity index (χ3v) is 5.04. The van der Waals surface area contributed by atoms with Crippen LogP contribution >= 0.6 is 35.6 Å². The van der Waals surface area contributed by atoms with Gasteiger partial charge in [0.1, 0.15) is 16.4 Å². The Morgan fingerprint density at radius 1 is 1.26 bits per heavy atom. The Labute approximate surface area is 171 Å². The molecule has 3 aromatic rings. The molecule has 142 valence electrons. The number of hydrogen-bond donors (Lipinski definition) is 3. The molecule has 0 radical (unpaired) electrons. The summed E-state index contributed by atoms with van der Waals surface area (Å²) in [7, 11) is 0. The molecular formula is C18H17Cl3N4O2. The Bertz CT molecular complexity index is 983. The number of amides is 1. The Kier molecular flexibility index (Phi) is 5.81. The number of carbonyl (C=O) groups excluding carboxylic acids is 1. The van der Waals surface area contributed by atoms with Crippen molar-refractivity contribution in [3.05, 3.63) is 57.4 Å². The van der Waals surface area contributed by atoms with E-state index in [1.807, 2.05) is 18.2 Å². The van der Waals surface area contributed by atoms with Crippen molar-refractivity contribution in [3.63, 3.8) is 0 Å². The minimum Gasteiger partial charge on any atom is -0.443 e. The monoisotopic (exact) mass is 426 g/mol. The number of anilines is 1. The first-order valence-electron chi connectivity index (χ1n) is 8.19. The first kappa shape index (κ1) is 19.8. The summed E-state index contributed by atoms with van der Waals surface area (Å²) in [6.07, 6.45) is 2.73. The van der Waals surface area contributed by atoms with Crippen molar-refractivity contribution >= 4 is 47.2 Å². The number of aryl methyl sites for hydroxylation is 1. The number of furan rings is 1. The third-order valence-electron chi connectivity index (χ3n) is 4.47. The van der Waals surface area contributed by atoms with Crippen LogP contribution in [0.4, 0.5) is 5.69 Å². The number of nitrogens with zero attached hydrogens (tertiary/aromatic N) is 1. The van der Waals surface area contributed by atoms with E-state index in [4.69, 9.17) is 33.4 Å². The molecule has 0 aliphatic heterocycles. The van der Waals surface area contributed by atoms with Crippen molar-refractivity contribution in [3.8, 4) is 11.5 Å². The Morgan fingerprint density at radius 3 is 2.81 bits per heavy atom.